The zero-order chi connectivity index (χ0) is 15.1. The zero-order valence-electron chi connectivity index (χ0n) is 11.9. The summed E-state index contributed by atoms with van der Waals surface area (Å²) in [6.07, 6.45) is 4.74. The van der Waals surface area contributed by atoms with E-state index in [-0.39, 0.29) is 5.92 Å². The van der Waals surface area contributed by atoms with Crippen LogP contribution in [-0.4, -0.2) is 15.3 Å². The number of hydrogen-bond donors (Lipinski definition) is 0. The molecule has 0 aliphatic rings. The van der Waals surface area contributed by atoms with Gasteiger partial charge < -0.3 is 0 Å². The largest absolute Gasteiger partial charge is 0.295 e. The van der Waals surface area contributed by atoms with E-state index in [0.29, 0.717) is 18.6 Å². The normalized spacial score (nSPS) is 11.6. The van der Waals surface area contributed by atoms with E-state index in [1.165, 1.54) is 5.56 Å². The van der Waals surface area contributed by atoms with Crippen LogP contribution in [0.25, 0.3) is 5.69 Å². The summed E-state index contributed by atoms with van der Waals surface area (Å²) >= 11 is 1.56. The van der Waals surface area contributed by atoms with Gasteiger partial charge in [0.05, 0.1) is 23.7 Å². The Morgan fingerprint density at radius 3 is 2.86 bits per heavy atom. The lowest BCUT2D eigenvalue weighted by molar-refractivity contribution is 0.683. The molecule has 0 spiro atoms. The minimum atomic E-state index is -0.114. The van der Waals surface area contributed by atoms with E-state index < -0.39 is 0 Å². The summed E-state index contributed by atoms with van der Waals surface area (Å²) in [7, 11) is 0. The number of benzene rings is 1. The fourth-order valence-corrected chi connectivity index (χ4v) is 3.04. The SMILES string of the molecule is Cc1ccccc1-n1ccnc1SC[C@H](C#N)CCC#N. The van der Waals surface area contributed by atoms with E-state index in [1.807, 2.05) is 22.9 Å². The van der Waals surface area contributed by atoms with E-state index in [0.717, 1.165) is 10.8 Å². The van der Waals surface area contributed by atoms with Crippen LogP contribution in [0.4, 0.5) is 0 Å². The number of para-hydroxylation sites is 1. The molecular formula is C16H16N4S. The van der Waals surface area contributed by atoms with Crippen LogP contribution in [0, 0.1) is 35.5 Å². The molecule has 1 aromatic heterocycles. The number of nitrogens with zero attached hydrogens (tertiary/aromatic N) is 4. The summed E-state index contributed by atoms with van der Waals surface area (Å²) < 4.78 is 2.04. The highest BCUT2D eigenvalue weighted by Gasteiger charge is 2.12. The third kappa shape index (κ3) is 3.87. The number of imidazole rings is 1. The van der Waals surface area contributed by atoms with Gasteiger partial charge in [0, 0.05) is 24.6 Å². The number of nitriles is 2. The molecule has 0 aliphatic carbocycles. The van der Waals surface area contributed by atoms with Crippen LogP contribution in [0.2, 0.25) is 0 Å². The Labute approximate surface area is 129 Å². The molecule has 1 atom stereocenters. The predicted molar refractivity (Wildman–Crippen MR) is 83.0 cm³/mol. The lowest BCUT2D eigenvalue weighted by Gasteiger charge is -2.11. The first-order chi connectivity index (χ1) is 10.3. The lowest BCUT2D eigenvalue weighted by Crippen LogP contribution is -2.03. The Morgan fingerprint density at radius 2 is 2.14 bits per heavy atom. The van der Waals surface area contributed by atoms with E-state index in [2.05, 4.69) is 36.2 Å². The zero-order valence-corrected chi connectivity index (χ0v) is 12.7. The summed E-state index contributed by atoms with van der Waals surface area (Å²) in [5.41, 5.74) is 2.28. The molecule has 1 heterocycles. The van der Waals surface area contributed by atoms with Gasteiger partial charge in [-0.25, -0.2) is 4.98 Å². The Bertz CT molecular complexity index is 678. The van der Waals surface area contributed by atoms with Gasteiger partial charge in [0.25, 0.3) is 0 Å². The molecule has 0 bridgehead atoms. The fraction of sp³-hybridized carbons (Fsp3) is 0.312. The fourth-order valence-electron chi connectivity index (χ4n) is 2.01. The molecule has 0 saturated heterocycles. The van der Waals surface area contributed by atoms with Gasteiger partial charge >= 0.3 is 0 Å². The molecule has 0 radical (unpaired) electrons. The number of thioether (sulfide) groups is 1. The number of rotatable bonds is 6. The van der Waals surface area contributed by atoms with Crippen molar-refractivity contribution in [1.82, 2.24) is 9.55 Å². The van der Waals surface area contributed by atoms with E-state index >= 15 is 0 Å². The minimum Gasteiger partial charge on any atom is -0.295 e. The van der Waals surface area contributed by atoms with Crippen LogP contribution >= 0.6 is 11.8 Å². The molecule has 2 rings (SSSR count). The highest BCUT2D eigenvalue weighted by Crippen LogP contribution is 2.25. The molecule has 21 heavy (non-hydrogen) atoms. The highest BCUT2D eigenvalue weighted by atomic mass is 32.2. The van der Waals surface area contributed by atoms with E-state index in [1.54, 1.807) is 18.0 Å². The maximum atomic E-state index is 9.11. The molecule has 5 heteroatoms. The third-order valence-electron chi connectivity index (χ3n) is 3.18. The Balaban J connectivity index is 2.10. The highest BCUT2D eigenvalue weighted by molar-refractivity contribution is 7.99. The maximum Gasteiger partial charge on any atom is 0.172 e. The molecule has 1 aromatic carbocycles. The van der Waals surface area contributed by atoms with Crippen molar-refractivity contribution in [3.63, 3.8) is 0 Å². The van der Waals surface area contributed by atoms with Gasteiger partial charge in [-0.05, 0) is 25.0 Å². The molecule has 0 fully saturated rings. The van der Waals surface area contributed by atoms with Gasteiger partial charge in [-0.1, -0.05) is 30.0 Å². The van der Waals surface area contributed by atoms with Crippen LogP contribution < -0.4 is 0 Å². The van der Waals surface area contributed by atoms with Crippen molar-refractivity contribution < 1.29 is 0 Å². The van der Waals surface area contributed by atoms with Crippen LogP contribution in [0.5, 0.6) is 0 Å². The minimum absolute atomic E-state index is 0.114. The second-order valence-corrected chi connectivity index (χ2v) is 5.69. The second kappa shape index (κ2) is 7.52. The van der Waals surface area contributed by atoms with Gasteiger partial charge in [-0.3, -0.25) is 4.57 Å². The molecule has 0 saturated carbocycles. The van der Waals surface area contributed by atoms with Crippen molar-refractivity contribution in [2.75, 3.05) is 5.75 Å². The van der Waals surface area contributed by atoms with Gasteiger partial charge in [0.1, 0.15) is 0 Å². The third-order valence-corrected chi connectivity index (χ3v) is 4.31. The monoisotopic (exact) mass is 296 g/mol. The second-order valence-electron chi connectivity index (χ2n) is 4.70. The maximum absolute atomic E-state index is 9.11. The molecule has 0 N–H and O–H groups in total. The summed E-state index contributed by atoms with van der Waals surface area (Å²) in [6, 6.07) is 12.5. The first kappa shape index (κ1) is 15.2. The van der Waals surface area contributed by atoms with Gasteiger partial charge in [0.2, 0.25) is 0 Å². The van der Waals surface area contributed by atoms with Crippen molar-refractivity contribution in [1.29, 1.82) is 10.5 Å². The van der Waals surface area contributed by atoms with Crippen molar-refractivity contribution in [3.05, 3.63) is 42.2 Å². The van der Waals surface area contributed by atoms with Gasteiger partial charge in [0.15, 0.2) is 5.16 Å². The van der Waals surface area contributed by atoms with Gasteiger partial charge in [-0.2, -0.15) is 10.5 Å². The van der Waals surface area contributed by atoms with Crippen LogP contribution in [-0.2, 0) is 0 Å². The summed E-state index contributed by atoms with van der Waals surface area (Å²) in [5.74, 6) is 0.540. The van der Waals surface area contributed by atoms with E-state index in [9.17, 15) is 0 Å². The molecule has 0 amide bonds. The average molecular weight is 296 g/mol. The Kier molecular flexibility index (Phi) is 5.43. The average Bonchev–Trinajstić information content (AvgIpc) is 2.96. The quantitative estimate of drug-likeness (QED) is 0.762. The van der Waals surface area contributed by atoms with Crippen LogP contribution in [0.1, 0.15) is 18.4 Å². The molecule has 0 aliphatic heterocycles. The van der Waals surface area contributed by atoms with Crippen molar-refractivity contribution in [2.24, 2.45) is 5.92 Å². The van der Waals surface area contributed by atoms with Crippen LogP contribution in [0.15, 0.2) is 41.8 Å². The van der Waals surface area contributed by atoms with Crippen LogP contribution in [0.3, 0.4) is 0 Å². The number of aromatic nitrogens is 2. The van der Waals surface area contributed by atoms with Crippen molar-refractivity contribution in [3.8, 4) is 17.8 Å². The molecule has 4 nitrogen and oxygen atoms in total. The molecule has 106 valence electrons. The Morgan fingerprint density at radius 1 is 1.33 bits per heavy atom. The summed E-state index contributed by atoms with van der Waals surface area (Å²) in [4.78, 5) is 4.37. The lowest BCUT2D eigenvalue weighted by atomic mass is 10.1. The Hall–Kier alpha value is -2.24. The van der Waals surface area contributed by atoms with Gasteiger partial charge in [-0.15, -0.1) is 0 Å². The number of hydrogen-bond acceptors (Lipinski definition) is 4. The van der Waals surface area contributed by atoms with Crippen molar-refractivity contribution >= 4 is 11.8 Å². The molecule has 2 aromatic rings. The summed E-state index contributed by atoms with van der Waals surface area (Å²) in [6.45, 7) is 2.06. The first-order valence-corrected chi connectivity index (χ1v) is 7.73. The standard InChI is InChI=1S/C16H16N4S/c1-13-5-2-3-7-15(13)20-10-9-19-16(20)21-12-14(11-18)6-4-8-17/h2-3,5,7,9-10,14H,4,6,12H2,1H3/t14-/m0/s1. The summed E-state index contributed by atoms with van der Waals surface area (Å²) in [5, 5.41) is 18.6. The van der Waals surface area contributed by atoms with E-state index in [4.69, 9.17) is 10.5 Å². The van der Waals surface area contributed by atoms with Crippen molar-refractivity contribution in [2.45, 2.75) is 24.9 Å². The number of aryl methyl sites for hydroxylation is 1. The topological polar surface area (TPSA) is 65.4 Å². The first-order valence-electron chi connectivity index (χ1n) is 6.75. The molecular weight excluding hydrogens is 280 g/mol. The molecule has 0 unspecified atom stereocenters. The predicted octanol–water partition coefficient (Wildman–Crippen LogP) is 3.72. The smallest absolute Gasteiger partial charge is 0.172 e.